The van der Waals surface area contributed by atoms with Gasteiger partial charge in [0.2, 0.25) is 0 Å². The highest BCUT2D eigenvalue weighted by Crippen LogP contribution is 2.44. The van der Waals surface area contributed by atoms with E-state index in [2.05, 4.69) is 69.9 Å². The van der Waals surface area contributed by atoms with Gasteiger partial charge in [-0.25, -0.2) is 0 Å². The van der Waals surface area contributed by atoms with E-state index in [1.807, 2.05) is 11.3 Å². The minimum atomic E-state index is 0.449. The van der Waals surface area contributed by atoms with Gasteiger partial charge in [-0.3, -0.25) is 0 Å². The van der Waals surface area contributed by atoms with E-state index >= 15 is 0 Å². The van der Waals surface area contributed by atoms with Crippen LogP contribution in [-0.4, -0.2) is 11.4 Å². The van der Waals surface area contributed by atoms with Crippen molar-refractivity contribution in [2.24, 2.45) is 0 Å². The molecule has 1 atom stereocenters. The summed E-state index contributed by atoms with van der Waals surface area (Å²) in [4.78, 5) is 3.96. The molecule has 0 saturated heterocycles. The Morgan fingerprint density at radius 3 is 2.45 bits per heavy atom. The monoisotopic (exact) mass is 311 g/mol. The second-order valence-corrected chi connectivity index (χ2v) is 7.17. The maximum atomic E-state index is 2.47. The summed E-state index contributed by atoms with van der Waals surface area (Å²) in [6.07, 6.45) is 3.58. The van der Waals surface area contributed by atoms with Gasteiger partial charge in [0, 0.05) is 33.4 Å². The Kier molecular flexibility index (Phi) is 4.14. The predicted octanol–water partition coefficient (Wildman–Crippen LogP) is 6.22. The minimum Gasteiger partial charge on any atom is -0.350 e. The number of allylic oxidation sites excluding steroid dienone is 4. The van der Waals surface area contributed by atoms with Crippen LogP contribution in [0.1, 0.15) is 50.5 Å². The molecule has 1 aliphatic rings. The van der Waals surface area contributed by atoms with Crippen LogP contribution in [0.15, 0.2) is 47.3 Å². The fourth-order valence-electron chi connectivity index (χ4n) is 3.78. The number of rotatable bonds is 3. The van der Waals surface area contributed by atoms with E-state index in [0.717, 1.165) is 13.0 Å². The number of benzene rings is 1. The first-order chi connectivity index (χ1) is 10.6. The van der Waals surface area contributed by atoms with E-state index in [1.165, 1.54) is 31.9 Å². The molecule has 1 aliphatic heterocycles. The number of aryl methyl sites for hydroxylation is 1. The molecule has 1 aromatic heterocycles. The van der Waals surface area contributed by atoms with Gasteiger partial charge in [-0.15, -0.1) is 11.3 Å². The molecule has 22 heavy (non-hydrogen) atoms. The van der Waals surface area contributed by atoms with Crippen LogP contribution in [0.2, 0.25) is 0 Å². The third kappa shape index (κ3) is 2.30. The predicted molar refractivity (Wildman–Crippen MR) is 98.4 cm³/mol. The maximum absolute atomic E-state index is 2.47. The highest BCUT2D eigenvalue weighted by molar-refractivity contribution is 7.19. The summed E-state index contributed by atoms with van der Waals surface area (Å²) in [7, 11) is 0. The molecule has 1 unspecified atom stereocenters. The van der Waals surface area contributed by atoms with Gasteiger partial charge in [-0.2, -0.15) is 0 Å². The fraction of sp³-hybridized carbons (Fsp3) is 0.400. The zero-order valence-corrected chi connectivity index (χ0v) is 15.1. The molecule has 0 radical (unpaired) electrons. The second kappa shape index (κ2) is 5.92. The third-order valence-corrected chi connectivity index (χ3v) is 6.29. The van der Waals surface area contributed by atoms with Crippen molar-refractivity contribution in [3.63, 3.8) is 0 Å². The number of thiophene rings is 1. The lowest BCUT2D eigenvalue weighted by atomic mass is 9.87. The first-order valence-electron chi connectivity index (χ1n) is 8.22. The van der Waals surface area contributed by atoms with Crippen LogP contribution in [0.25, 0.3) is 10.1 Å². The molecular weight excluding hydrogens is 286 g/mol. The number of fused-ring (bicyclic) bond motifs is 1. The highest BCUT2D eigenvalue weighted by Gasteiger charge is 2.26. The average Bonchev–Trinajstić information content (AvgIpc) is 2.85. The largest absolute Gasteiger partial charge is 0.350 e. The van der Waals surface area contributed by atoms with Gasteiger partial charge in [0.25, 0.3) is 0 Å². The summed E-state index contributed by atoms with van der Waals surface area (Å²) in [5.74, 6) is 0.449. The highest BCUT2D eigenvalue weighted by atomic mass is 32.1. The molecule has 2 heterocycles. The number of hydrogen-bond donors (Lipinski definition) is 0. The first kappa shape index (κ1) is 15.4. The van der Waals surface area contributed by atoms with Crippen LogP contribution in [-0.2, 0) is 0 Å². The van der Waals surface area contributed by atoms with E-state index in [9.17, 15) is 0 Å². The minimum absolute atomic E-state index is 0.449. The molecule has 0 bridgehead atoms. The van der Waals surface area contributed by atoms with Crippen molar-refractivity contribution in [3.05, 3.63) is 57.7 Å². The van der Waals surface area contributed by atoms with Gasteiger partial charge in [-0.1, -0.05) is 31.2 Å². The van der Waals surface area contributed by atoms with Crippen LogP contribution in [0.5, 0.6) is 0 Å². The van der Waals surface area contributed by atoms with Crippen LogP contribution < -0.4 is 0 Å². The van der Waals surface area contributed by atoms with Crippen molar-refractivity contribution in [1.29, 1.82) is 0 Å². The molecule has 2 aromatic rings. The lowest BCUT2D eigenvalue weighted by Crippen LogP contribution is -2.26. The normalized spacial score (nSPS) is 19.0. The summed E-state index contributed by atoms with van der Waals surface area (Å²) in [5, 5.41) is 1.42. The average molecular weight is 311 g/mol. The van der Waals surface area contributed by atoms with E-state index in [4.69, 9.17) is 0 Å². The van der Waals surface area contributed by atoms with Crippen molar-refractivity contribution in [2.75, 3.05) is 6.54 Å². The van der Waals surface area contributed by atoms with Crippen molar-refractivity contribution in [3.8, 4) is 0 Å². The van der Waals surface area contributed by atoms with Crippen LogP contribution in [0.4, 0.5) is 0 Å². The van der Waals surface area contributed by atoms with Gasteiger partial charge in [0.05, 0.1) is 0 Å². The topological polar surface area (TPSA) is 3.24 Å². The Balaban J connectivity index is 2.17. The Hall–Kier alpha value is -1.54. The smallest absolute Gasteiger partial charge is 0.0365 e. The molecule has 1 nitrogen and oxygen atoms in total. The summed E-state index contributed by atoms with van der Waals surface area (Å²) >= 11 is 1.97. The summed E-state index contributed by atoms with van der Waals surface area (Å²) in [5.41, 5.74) is 5.87. The molecule has 0 fully saturated rings. The van der Waals surface area contributed by atoms with Crippen molar-refractivity contribution in [2.45, 2.75) is 47.0 Å². The standard InChI is InChI=1S/C20H25NS/c1-6-16-15(5)21(7-2)13(3)12-18(16)20-14(4)17-10-8-9-11-19(17)22-20/h8-12,18H,6-7H2,1-5H3. The molecule has 0 N–H and O–H groups in total. The molecule has 0 aliphatic carbocycles. The Labute approximate surface area is 138 Å². The van der Waals surface area contributed by atoms with Crippen LogP contribution in [0, 0.1) is 6.92 Å². The molecule has 3 rings (SSSR count). The van der Waals surface area contributed by atoms with Gasteiger partial charge < -0.3 is 4.90 Å². The van der Waals surface area contributed by atoms with Gasteiger partial charge in [0.1, 0.15) is 0 Å². The molecule has 2 heteroatoms. The van der Waals surface area contributed by atoms with Crippen molar-refractivity contribution >= 4 is 21.4 Å². The fourth-order valence-corrected chi connectivity index (χ4v) is 5.10. The first-order valence-corrected chi connectivity index (χ1v) is 9.03. The Bertz CT molecular complexity index is 763. The van der Waals surface area contributed by atoms with E-state index < -0.39 is 0 Å². The number of hydrogen-bond acceptors (Lipinski definition) is 2. The maximum Gasteiger partial charge on any atom is 0.0365 e. The quantitative estimate of drug-likeness (QED) is 0.650. The van der Waals surface area contributed by atoms with E-state index in [0.29, 0.717) is 5.92 Å². The zero-order chi connectivity index (χ0) is 15.9. The molecule has 1 aromatic carbocycles. The van der Waals surface area contributed by atoms with Gasteiger partial charge in [-0.05, 0) is 56.7 Å². The summed E-state index contributed by atoms with van der Waals surface area (Å²) < 4.78 is 1.41. The van der Waals surface area contributed by atoms with Gasteiger partial charge in [0.15, 0.2) is 0 Å². The Morgan fingerprint density at radius 2 is 1.82 bits per heavy atom. The van der Waals surface area contributed by atoms with Crippen molar-refractivity contribution in [1.82, 2.24) is 4.90 Å². The molecule has 0 saturated carbocycles. The molecule has 0 amide bonds. The van der Waals surface area contributed by atoms with Gasteiger partial charge >= 0.3 is 0 Å². The number of nitrogens with zero attached hydrogens (tertiary/aromatic N) is 1. The molecule has 116 valence electrons. The van der Waals surface area contributed by atoms with Crippen LogP contribution >= 0.6 is 11.3 Å². The summed E-state index contributed by atoms with van der Waals surface area (Å²) in [6.45, 7) is 12.4. The Morgan fingerprint density at radius 1 is 1.09 bits per heavy atom. The lowest BCUT2D eigenvalue weighted by molar-refractivity contribution is 0.427. The third-order valence-electron chi connectivity index (χ3n) is 4.94. The van der Waals surface area contributed by atoms with Crippen LogP contribution in [0.3, 0.4) is 0 Å². The zero-order valence-electron chi connectivity index (χ0n) is 14.2. The van der Waals surface area contributed by atoms with E-state index in [-0.39, 0.29) is 0 Å². The molecular formula is C20H25NS. The summed E-state index contributed by atoms with van der Waals surface area (Å²) in [6, 6.07) is 8.79. The van der Waals surface area contributed by atoms with Crippen molar-refractivity contribution < 1.29 is 0 Å². The lowest BCUT2D eigenvalue weighted by Gasteiger charge is -2.35. The molecule has 0 spiro atoms. The second-order valence-electron chi connectivity index (χ2n) is 6.08. The van der Waals surface area contributed by atoms with E-state index in [1.54, 1.807) is 5.57 Å². The SMILES string of the molecule is CCC1=C(C)N(CC)C(C)=CC1c1sc2ccccc2c1C.